The van der Waals surface area contributed by atoms with Gasteiger partial charge < -0.3 is 4.74 Å². The fourth-order valence-corrected chi connectivity index (χ4v) is 2.93. The Hall–Kier alpha value is -1.41. The highest BCUT2D eigenvalue weighted by Gasteiger charge is 2.28. The molecule has 1 unspecified atom stereocenters. The van der Waals surface area contributed by atoms with E-state index >= 15 is 0 Å². The van der Waals surface area contributed by atoms with Crippen LogP contribution in [0.25, 0.3) is 0 Å². The van der Waals surface area contributed by atoms with E-state index in [9.17, 15) is 13.2 Å². The monoisotopic (exact) mass is 303 g/mol. The molecule has 0 saturated heterocycles. The summed E-state index contributed by atoms with van der Waals surface area (Å²) in [6, 6.07) is 0. The highest BCUT2D eigenvalue weighted by atomic mass is 32.2. The molecule has 8 heteroatoms. The number of H-pyrrole nitrogens is 1. The maximum atomic E-state index is 12.0. The number of carbonyl (C=O) groups is 1. The molecule has 0 fully saturated rings. The first-order chi connectivity index (χ1) is 9.16. The van der Waals surface area contributed by atoms with Gasteiger partial charge in [0.25, 0.3) is 0 Å². The normalized spacial score (nSPS) is 13.5. The van der Waals surface area contributed by atoms with Gasteiger partial charge in [-0.05, 0) is 25.7 Å². The van der Waals surface area contributed by atoms with Crippen molar-refractivity contribution in [2.24, 2.45) is 11.1 Å². The number of nitrogens with two attached hydrogens (primary N) is 1. The maximum Gasteiger partial charge on any atom is 0.360 e. The van der Waals surface area contributed by atoms with E-state index in [0.717, 1.165) is 0 Å². The van der Waals surface area contributed by atoms with Crippen LogP contribution in [0.3, 0.4) is 0 Å². The second-order valence-electron chi connectivity index (χ2n) is 5.12. The minimum absolute atomic E-state index is 0.276. The van der Waals surface area contributed by atoms with E-state index in [1.165, 1.54) is 0 Å². The molecule has 1 aromatic rings. The summed E-state index contributed by atoms with van der Waals surface area (Å²) in [6.45, 7) is 7.49. The molecule has 3 N–H and O–H groups in total. The van der Waals surface area contributed by atoms with E-state index in [0.29, 0.717) is 24.5 Å². The Kier molecular flexibility index (Phi) is 5.29. The number of sulfonamides is 1. The van der Waals surface area contributed by atoms with Crippen LogP contribution in [0, 0.1) is 5.92 Å². The number of aryl methyl sites for hydroxylation is 1. The summed E-state index contributed by atoms with van der Waals surface area (Å²) in [5, 5.41) is 11.4. The third-order valence-corrected chi connectivity index (χ3v) is 3.74. The van der Waals surface area contributed by atoms with Crippen LogP contribution in [-0.2, 0) is 21.2 Å². The zero-order chi connectivity index (χ0) is 15.5. The van der Waals surface area contributed by atoms with Gasteiger partial charge in [0.05, 0.1) is 11.8 Å². The number of aromatic amines is 1. The average molecular weight is 303 g/mol. The Labute approximate surface area is 118 Å². The van der Waals surface area contributed by atoms with Crippen LogP contribution >= 0.6 is 0 Å². The Morgan fingerprint density at radius 2 is 2.00 bits per heavy atom. The van der Waals surface area contributed by atoms with Crippen LogP contribution in [0.5, 0.6) is 0 Å². The van der Waals surface area contributed by atoms with Crippen molar-refractivity contribution < 1.29 is 17.9 Å². The van der Waals surface area contributed by atoms with E-state index in [1.807, 2.05) is 13.8 Å². The summed E-state index contributed by atoms with van der Waals surface area (Å²) >= 11 is 0. The van der Waals surface area contributed by atoms with Gasteiger partial charge in [-0.25, -0.2) is 18.4 Å². The Morgan fingerprint density at radius 3 is 2.45 bits per heavy atom. The minimum atomic E-state index is -4.03. The average Bonchev–Trinajstić information content (AvgIpc) is 2.70. The van der Waals surface area contributed by atoms with Crippen LogP contribution < -0.4 is 5.14 Å². The third kappa shape index (κ3) is 4.04. The summed E-state index contributed by atoms with van der Waals surface area (Å²) in [6.07, 6.45) is 0.729. The number of hydrogen-bond acceptors (Lipinski definition) is 5. The van der Waals surface area contributed by atoms with E-state index in [1.54, 1.807) is 13.8 Å². The highest BCUT2D eigenvalue weighted by molar-refractivity contribution is 7.89. The van der Waals surface area contributed by atoms with Gasteiger partial charge in [0.15, 0.2) is 5.69 Å². The lowest BCUT2D eigenvalue weighted by molar-refractivity contribution is 0.0288. The smallest absolute Gasteiger partial charge is 0.360 e. The summed E-state index contributed by atoms with van der Waals surface area (Å²) in [7, 11) is -4.03. The van der Waals surface area contributed by atoms with Crippen LogP contribution in [-0.4, -0.2) is 30.7 Å². The number of primary sulfonamides is 1. The summed E-state index contributed by atoms with van der Waals surface area (Å²) < 4.78 is 28.3. The lowest BCUT2D eigenvalue weighted by atomic mass is 10.1. The lowest BCUT2D eigenvalue weighted by Gasteiger charge is -2.14. The molecule has 20 heavy (non-hydrogen) atoms. The lowest BCUT2D eigenvalue weighted by Crippen LogP contribution is -2.21. The number of nitrogens with one attached hydrogen (secondary N) is 1. The molecule has 1 heterocycles. The van der Waals surface area contributed by atoms with Gasteiger partial charge in [-0.2, -0.15) is 5.10 Å². The van der Waals surface area contributed by atoms with Crippen molar-refractivity contribution in [3.05, 3.63) is 11.4 Å². The Bertz CT molecular complexity index is 578. The zero-order valence-electron chi connectivity index (χ0n) is 12.1. The molecule has 0 aliphatic carbocycles. The van der Waals surface area contributed by atoms with Gasteiger partial charge in [-0.15, -0.1) is 0 Å². The van der Waals surface area contributed by atoms with Gasteiger partial charge in [0.2, 0.25) is 10.0 Å². The SMILES string of the molecule is CCc1[nH]nc(C(=O)OC(C)CC(C)C)c1S(N)(=O)=O. The van der Waals surface area contributed by atoms with Gasteiger partial charge in [0, 0.05) is 0 Å². The molecule has 0 radical (unpaired) electrons. The molecule has 0 bridgehead atoms. The molecule has 0 saturated carbocycles. The molecule has 1 aromatic heterocycles. The molecule has 114 valence electrons. The number of aromatic nitrogens is 2. The topological polar surface area (TPSA) is 115 Å². The second-order valence-corrected chi connectivity index (χ2v) is 6.62. The minimum Gasteiger partial charge on any atom is -0.458 e. The maximum absolute atomic E-state index is 12.0. The molecule has 1 rings (SSSR count). The number of carbonyl (C=O) groups excluding carboxylic acids is 1. The quantitative estimate of drug-likeness (QED) is 0.766. The largest absolute Gasteiger partial charge is 0.458 e. The van der Waals surface area contributed by atoms with Crippen LogP contribution in [0.1, 0.15) is 50.3 Å². The second kappa shape index (κ2) is 6.36. The zero-order valence-corrected chi connectivity index (χ0v) is 13.0. The van der Waals surface area contributed by atoms with Crippen molar-refractivity contribution in [2.45, 2.75) is 51.5 Å². The number of nitrogens with zero attached hydrogens (tertiary/aromatic N) is 1. The first-order valence-corrected chi connectivity index (χ1v) is 8.02. The van der Waals surface area contributed by atoms with Crippen LogP contribution in [0.15, 0.2) is 4.90 Å². The van der Waals surface area contributed by atoms with Crippen molar-refractivity contribution in [1.29, 1.82) is 0 Å². The van der Waals surface area contributed by atoms with E-state index in [4.69, 9.17) is 9.88 Å². The molecule has 0 aromatic carbocycles. The Balaban J connectivity index is 3.03. The van der Waals surface area contributed by atoms with Crippen molar-refractivity contribution in [1.82, 2.24) is 10.2 Å². The molecule has 7 nitrogen and oxygen atoms in total. The van der Waals surface area contributed by atoms with E-state index < -0.39 is 16.0 Å². The van der Waals surface area contributed by atoms with Crippen molar-refractivity contribution in [3.63, 3.8) is 0 Å². The Morgan fingerprint density at radius 1 is 1.40 bits per heavy atom. The van der Waals surface area contributed by atoms with Crippen LogP contribution in [0.4, 0.5) is 0 Å². The predicted octanol–water partition coefficient (Wildman–Crippen LogP) is 1.21. The molecule has 0 amide bonds. The molecule has 0 spiro atoms. The van der Waals surface area contributed by atoms with Crippen LogP contribution in [0.2, 0.25) is 0 Å². The first-order valence-electron chi connectivity index (χ1n) is 6.47. The fraction of sp³-hybridized carbons (Fsp3) is 0.667. The number of rotatable bonds is 6. The standard InChI is InChI=1S/C12H21N3O4S/c1-5-9-11(20(13,17)18)10(15-14-9)12(16)19-8(4)6-7(2)3/h7-8H,5-6H2,1-4H3,(H,14,15)(H2,13,17,18). The molecular formula is C12H21N3O4S. The van der Waals surface area contributed by atoms with Gasteiger partial charge in [-0.1, -0.05) is 20.8 Å². The van der Waals surface area contributed by atoms with Gasteiger partial charge in [-0.3, -0.25) is 5.10 Å². The summed E-state index contributed by atoms with van der Waals surface area (Å²) in [4.78, 5) is 11.7. The van der Waals surface area contributed by atoms with Crippen molar-refractivity contribution in [2.75, 3.05) is 0 Å². The van der Waals surface area contributed by atoms with Gasteiger partial charge >= 0.3 is 5.97 Å². The van der Waals surface area contributed by atoms with Crippen molar-refractivity contribution in [3.8, 4) is 0 Å². The fourth-order valence-electron chi connectivity index (χ4n) is 2.00. The predicted molar refractivity (Wildman–Crippen MR) is 73.7 cm³/mol. The molecular weight excluding hydrogens is 282 g/mol. The molecule has 0 aliphatic rings. The third-order valence-electron chi connectivity index (χ3n) is 2.73. The first kappa shape index (κ1) is 16.6. The van der Waals surface area contributed by atoms with Crippen molar-refractivity contribution >= 4 is 16.0 Å². The number of ether oxygens (including phenoxy) is 1. The van der Waals surface area contributed by atoms with Gasteiger partial charge in [0.1, 0.15) is 4.90 Å². The molecule has 0 aliphatic heterocycles. The summed E-state index contributed by atoms with van der Waals surface area (Å²) in [5.74, 6) is -0.418. The molecule has 1 atom stereocenters. The van der Waals surface area contributed by atoms with E-state index in [2.05, 4.69) is 10.2 Å². The summed E-state index contributed by atoms with van der Waals surface area (Å²) in [5.41, 5.74) is 0.0240. The highest BCUT2D eigenvalue weighted by Crippen LogP contribution is 2.19. The number of esters is 1. The van der Waals surface area contributed by atoms with E-state index in [-0.39, 0.29) is 16.7 Å². The number of hydrogen-bond donors (Lipinski definition) is 2.